The Morgan fingerprint density at radius 2 is 1.62 bits per heavy atom. The van der Waals surface area contributed by atoms with Crippen LogP contribution in [0.4, 0.5) is 13.2 Å². The number of halogens is 3. The van der Waals surface area contributed by atoms with Gasteiger partial charge in [-0.3, -0.25) is 14.7 Å². The van der Waals surface area contributed by atoms with Gasteiger partial charge in [0.25, 0.3) is 11.8 Å². The van der Waals surface area contributed by atoms with Crippen molar-refractivity contribution >= 4 is 22.8 Å². The summed E-state index contributed by atoms with van der Waals surface area (Å²) in [6.07, 6.45) is -4.77. The molecule has 0 aliphatic carbocycles. The van der Waals surface area contributed by atoms with E-state index >= 15 is 0 Å². The Hall–Kier alpha value is -3.83. The van der Waals surface area contributed by atoms with E-state index < -0.39 is 6.36 Å². The number of aromatic amines is 1. The lowest BCUT2D eigenvalue weighted by Crippen LogP contribution is -2.37. The molecule has 178 valence electrons. The molecule has 34 heavy (non-hydrogen) atoms. The number of H-pyrrole nitrogens is 1. The number of carbonyl (C=O) groups is 2. The number of alkyl halides is 3. The van der Waals surface area contributed by atoms with E-state index in [1.807, 2.05) is 0 Å². The third-order valence-corrected chi connectivity index (χ3v) is 6.12. The maximum absolute atomic E-state index is 12.9. The number of carbonyl (C=O) groups excluding carboxylic acids is 2. The standard InChI is InChI=1S/C22H20F3N5O4/c23-22(24,25)34-17-4-2-16(3-5-17)33-12-20(31)29-8-14-10-30(11-15(14)9-29)21(32)13-1-6-18-19(7-13)27-28-26-18/h1-7,14-15H,8-12H2,(H,26,27,28). The molecular formula is C22H20F3N5O4. The molecule has 2 atom stereocenters. The Morgan fingerprint density at radius 3 is 2.29 bits per heavy atom. The number of rotatable bonds is 5. The number of amides is 2. The number of hydrogen-bond donors (Lipinski definition) is 1. The molecule has 1 N–H and O–H groups in total. The number of nitrogens with zero attached hydrogens (tertiary/aromatic N) is 4. The molecule has 2 aliphatic heterocycles. The van der Waals surface area contributed by atoms with Crippen LogP contribution in [0, 0.1) is 11.8 Å². The van der Waals surface area contributed by atoms with E-state index in [9.17, 15) is 22.8 Å². The van der Waals surface area contributed by atoms with E-state index in [4.69, 9.17) is 4.74 Å². The molecule has 12 heteroatoms. The maximum Gasteiger partial charge on any atom is 0.573 e. The van der Waals surface area contributed by atoms with Gasteiger partial charge in [-0.1, -0.05) is 5.21 Å². The van der Waals surface area contributed by atoms with Crippen LogP contribution >= 0.6 is 0 Å². The molecule has 2 amide bonds. The molecular weight excluding hydrogens is 455 g/mol. The van der Waals surface area contributed by atoms with Gasteiger partial charge in [0.2, 0.25) is 0 Å². The molecule has 0 saturated carbocycles. The molecule has 1 aromatic heterocycles. The van der Waals surface area contributed by atoms with Gasteiger partial charge in [-0.05, 0) is 42.5 Å². The summed E-state index contributed by atoms with van der Waals surface area (Å²) in [6.45, 7) is 1.95. The fraction of sp³-hybridized carbons (Fsp3) is 0.364. The van der Waals surface area contributed by atoms with Crippen molar-refractivity contribution in [1.82, 2.24) is 25.2 Å². The Labute approximate surface area is 191 Å². The van der Waals surface area contributed by atoms with Crippen LogP contribution in [-0.4, -0.2) is 76.2 Å². The fourth-order valence-electron chi connectivity index (χ4n) is 4.49. The fourth-order valence-corrected chi connectivity index (χ4v) is 4.49. The van der Waals surface area contributed by atoms with Crippen molar-refractivity contribution in [1.29, 1.82) is 0 Å². The number of benzene rings is 2. The third-order valence-electron chi connectivity index (χ3n) is 6.12. The zero-order chi connectivity index (χ0) is 23.9. The van der Waals surface area contributed by atoms with Gasteiger partial charge in [-0.15, -0.1) is 18.3 Å². The van der Waals surface area contributed by atoms with Gasteiger partial charge in [-0.25, -0.2) is 0 Å². The van der Waals surface area contributed by atoms with Crippen LogP contribution in [0.15, 0.2) is 42.5 Å². The first-order valence-electron chi connectivity index (χ1n) is 10.6. The van der Waals surface area contributed by atoms with E-state index in [-0.39, 0.29) is 41.8 Å². The largest absolute Gasteiger partial charge is 0.573 e. The van der Waals surface area contributed by atoms with Crippen molar-refractivity contribution in [2.45, 2.75) is 6.36 Å². The van der Waals surface area contributed by atoms with Gasteiger partial charge in [0, 0.05) is 43.6 Å². The molecule has 3 heterocycles. The highest BCUT2D eigenvalue weighted by Crippen LogP contribution is 2.32. The Morgan fingerprint density at radius 1 is 0.971 bits per heavy atom. The van der Waals surface area contributed by atoms with E-state index in [1.165, 1.54) is 12.1 Å². The predicted molar refractivity (Wildman–Crippen MR) is 112 cm³/mol. The summed E-state index contributed by atoms with van der Waals surface area (Å²) in [5.74, 6) is -0.00971. The van der Waals surface area contributed by atoms with Crippen molar-refractivity contribution in [2.24, 2.45) is 11.8 Å². The first kappa shape index (κ1) is 22.0. The number of aromatic nitrogens is 3. The summed E-state index contributed by atoms with van der Waals surface area (Å²) >= 11 is 0. The second kappa shape index (κ2) is 8.50. The van der Waals surface area contributed by atoms with Crippen molar-refractivity contribution in [3.63, 3.8) is 0 Å². The lowest BCUT2D eigenvalue weighted by atomic mass is 10.0. The number of nitrogens with one attached hydrogen (secondary N) is 1. The van der Waals surface area contributed by atoms with Crippen LogP contribution in [0.2, 0.25) is 0 Å². The zero-order valence-corrected chi connectivity index (χ0v) is 17.8. The van der Waals surface area contributed by atoms with Crippen LogP contribution in [0.25, 0.3) is 11.0 Å². The smallest absolute Gasteiger partial charge is 0.484 e. The summed E-state index contributed by atoms with van der Waals surface area (Å²) in [4.78, 5) is 29.0. The predicted octanol–water partition coefficient (Wildman–Crippen LogP) is 2.47. The normalized spacial score (nSPS) is 20.0. The molecule has 3 aromatic rings. The third kappa shape index (κ3) is 4.61. The number of likely N-dealkylation sites (tertiary alicyclic amines) is 2. The minimum atomic E-state index is -4.77. The van der Waals surface area contributed by atoms with Crippen molar-refractivity contribution in [2.75, 3.05) is 32.8 Å². The summed E-state index contributed by atoms with van der Waals surface area (Å²) in [7, 11) is 0. The van der Waals surface area contributed by atoms with E-state index in [1.54, 1.807) is 28.0 Å². The Balaban J connectivity index is 1.11. The average molecular weight is 475 g/mol. The van der Waals surface area contributed by atoms with Crippen molar-refractivity contribution in [3.8, 4) is 11.5 Å². The number of ether oxygens (including phenoxy) is 2. The van der Waals surface area contributed by atoms with Crippen LogP contribution in [0.3, 0.4) is 0 Å². The van der Waals surface area contributed by atoms with Crippen LogP contribution in [-0.2, 0) is 4.79 Å². The van der Waals surface area contributed by atoms with Crippen LogP contribution < -0.4 is 9.47 Å². The Bertz CT molecular complexity index is 1200. The molecule has 0 radical (unpaired) electrons. The molecule has 2 aliphatic rings. The van der Waals surface area contributed by atoms with Crippen LogP contribution in [0.5, 0.6) is 11.5 Å². The lowest BCUT2D eigenvalue weighted by molar-refractivity contribution is -0.274. The summed E-state index contributed by atoms with van der Waals surface area (Å²) < 4.78 is 45.9. The molecule has 2 aromatic carbocycles. The lowest BCUT2D eigenvalue weighted by Gasteiger charge is -2.22. The van der Waals surface area contributed by atoms with Gasteiger partial charge < -0.3 is 19.3 Å². The minimum absolute atomic E-state index is 0.0709. The number of fused-ring (bicyclic) bond motifs is 2. The summed E-state index contributed by atoms with van der Waals surface area (Å²) in [6, 6.07) is 10.1. The summed E-state index contributed by atoms with van der Waals surface area (Å²) in [5.41, 5.74) is 1.94. The zero-order valence-electron chi connectivity index (χ0n) is 17.8. The minimum Gasteiger partial charge on any atom is -0.484 e. The monoisotopic (exact) mass is 475 g/mol. The van der Waals surface area contributed by atoms with Gasteiger partial charge in [0.05, 0.1) is 5.52 Å². The second-order valence-electron chi connectivity index (χ2n) is 8.38. The summed E-state index contributed by atoms with van der Waals surface area (Å²) in [5, 5.41) is 10.4. The highest BCUT2D eigenvalue weighted by atomic mass is 19.4. The quantitative estimate of drug-likeness (QED) is 0.609. The van der Waals surface area contributed by atoms with Gasteiger partial charge in [0.1, 0.15) is 17.0 Å². The molecule has 2 saturated heterocycles. The maximum atomic E-state index is 12.9. The highest BCUT2D eigenvalue weighted by Gasteiger charge is 2.43. The van der Waals surface area contributed by atoms with E-state index in [2.05, 4.69) is 20.1 Å². The Kier molecular flexibility index (Phi) is 5.50. The van der Waals surface area contributed by atoms with Gasteiger partial charge in [0.15, 0.2) is 6.61 Å². The second-order valence-corrected chi connectivity index (χ2v) is 8.38. The first-order chi connectivity index (χ1) is 16.2. The number of hydrogen-bond acceptors (Lipinski definition) is 6. The first-order valence-corrected chi connectivity index (χ1v) is 10.6. The SMILES string of the molecule is O=C(COc1ccc(OC(F)(F)F)cc1)N1CC2CN(C(=O)c3ccc4[nH]nnc4c3)CC2C1. The molecule has 2 fully saturated rings. The average Bonchev–Trinajstić information content (AvgIpc) is 3.51. The van der Waals surface area contributed by atoms with Gasteiger partial charge in [-0.2, -0.15) is 0 Å². The molecule has 5 rings (SSSR count). The van der Waals surface area contributed by atoms with Crippen LogP contribution in [0.1, 0.15) is 10.4 Å². The highest BCUT2D eigenvalue weighted by molar-refractivity contribution is 5.97. The van der Waals surface area contributed by atoms with E-state index in [0.717, 1.165) is 17.6 Å². The molecule has 0 spiro atoms. The van der Waals surface area contributed by atoms with E-state index in [0.29, 0.717) is 37.3 Å². The topological polar surface area (TPSA) is 101 Å². The van der Waals surface area contributed by atoms with Gasteiger partial charge >= 0.3 is 6.36 Å². The molecule has 0 bridgehead atoms. The van der Waals surface area contributed by atoms with Crippen molar-refractivity contribution in [3.05, 3.63) is 48.0 Å². The molecule has 9 nitrogen and oxygen atoms in total. The molecule has 2 unspecified atom stereocenters. The van der Waals surface area contributed by atoms with Crippen molar-refractivity contribution < 1.29 is 32.2 Å².